The fraction of sp³-hybridized carbons (Fsp3) is 0.571. The van der Waals surface area contributed by atoms with Gasteiger partial charge in [-0.2, -0.15) is 0 Å². The zero-order valence-electron chi connectivity index (χ0n) is 13.7. The normalized spacial score (nSPS) is 12.3. The lowest BCUT2D eigenvalue weighted by atomic mass is 10.0. The first-order chi connectivity index (χ1) is 10.9. The molecule has 0 aliphatic carbocycles. The molecule has 24 heavy (non-hydrogen) atoms. The van der Waals surface area contributed by atoms with E-state index >= 15 is 0 Å². The predicted octanol–water partition coefficient (Wildman–Crippen LogP) is 3.10. The van der Waals surface area contributed by atoms with Gasteiger partial charge in [0.1, 0.15) is 5.75 Å². The van der Waals surface area contributed by atoms with Gasteiger partial charge in [0.2, 0.25) is 0 Å². The Morgan fingerprint density at radius 3 is 2.46 bits per heavy atom. The summed E-state index contributed by atoms with van der Waals surface area (Å²) in [5, 5.41) is 30.5. The van der Waals surface area contributed by atoms with Gasteiger partial charge in [-0.1, -0.05) is 42.8 Å². The highest BCUT2D eigenvalue weighted by Crippen LogP contribution is 2.39. The van der Waals surface area contributed by atoms with Gasteiger partial charge in [-0.05, 0) is 18.2 Å². The number of ether oxygens (including phenoxy) is 2. The molecule has 1 rings (SSSR count). The summed E-state index contributed by atoms with van der Waals surface area (Å²) >= 11 is 11.8. The van der Waals surface area contributed by atoms with Gasteiger partial charge < -0.3 is 19.7 Å². The first kappa shape index (κ1) is 21.1. The summed E-state index contributed by atoms with van der Waals surface area (Å²) in [5.74, 6) is -2.86. The summed E-state index contributed by atoms with van der Waals surface area (Å²) in [6, 6.07) is 3.69. The minimum atomic E-state index is -2.82. The summed E-state index contributed by atoms with van der Waals surface area (Å²) in [4.78, 5) is 9.77. The number of nitro groups is 1. The molecule has 0 saturated carbocycles. The van der Waals surface area contributed by atoms with Gasteiger partial charge >= 0.3 is 0 Å². The smallest absolute Gasteiger partial charge is 0.262 e. The average Bonchev–Trinajstić information content (AvgIpc) is 2.39. The molecule has 1 aromatic rings. The van der Waals surface area contributed by atoms with Crippen molar-refractivity contribution < 1.29 is 24.6 Å². The van der Waals surface area contributed by atoms with Crippen molar-refractivity contribution in [1.82, 2.24) is 0 Å². The van der Waals surface area contributed by atoms with Crippen LogP contribution in [-0.4, -0.2) is 43.2 Å². The van der Waals surface area contributed by atoms with E-state index in [1.54, 1.807) is 0 Å². The van der Waals surface area contributed by atoms with Crippen molar-refractivity contribution in [3.63, 3.8) is 0 Å². The minimum Gasteiger partial charge on any atom is -0.467 e. The van der Waals surface area contributed by atoms with Crippen LogP contribution in [0.15, 0.2) is 12.1 Å². The van der Waals surface area contributed by atoms with E-state index in [1.807, 2.05) is 0 Å². The first-order valence-corrected chi connectivity index (χ1v) is 11.7. The Kier molecular flexibility index (Phi) is 7.45. The predicted molar refractivity (Wildman–Crippen MR) is 94.0 cm³/mol. The Hall–Kier alpha value is -0.903. The van der Waals surface area contributed by atoms with E-state index < -0.39 is 25.3 Å². The molecular weight excluding hydrogens is 377 g/mol. The van der Waals surface area contributed by atoms with Crippen molar-refractivity contribution in [3.05, 3.63) is 37.9 Å². The molecule has 0 aromatic heterocycles. The molecule has 136 valence electrons. The lowest BCUT2D eigenvalue weighted by Crippen LogP contribution is -2.35. The van der Waals surface area contributed by atoms with Gasteiger partial charge in [-0.15, -0.1) is 0 Å². The zero-order valence-corrected chi connectivity index (χ0v) is 16.2. The highest BCUT2D eigenvalue weighted by Gasteiger charge is 2.38. The van der Waals surface area contributed by atoms with Crippen LogP contribution in [0.4, 0.5) is 0 Å². The molecule has 7 nitrogen and oxygen atoms in total. The maximum atomic E-state index is 10.6. The van der Waals surface area contributed by atoms with E-state index in [2.05, 4.69) is 19.6 Å². The fourth-order valence-corrected chi connectivity index (χ4v) is 3.05. The second-order valence-electron chi connectivity index (χ2n) is 6.52. The molecule has 0 radical (unpaired) electrons. The molecule has 10 heteroatoms. The Labute approximate surface area is 151 Å². The van der Waals surface area contributed by atoms with E-state index in [-0.39, 0.29) is 28.2 Å². The van der Waals surface area contributed by atoms with Crippen LogP contribution in [0.3, 0.4) is 0 Å². The van der Waals surface area contributed by atoms with Crippen LogP contribution in [0.25, 0.3) is 0 Å². The summed E-state index contributed by atoms with van der Waals surface area (Å²) in [7, 11) is -1.24. The van der Waals surface area contributed by atoms with Gasteiger partial charge in [-0.25, -0.2) is 0 Å². The monoisotopic (exact) mass is 397 g/mol. The molecule has 0 saturated heterocycles. The maximum absolute atomic E-state index is 10.6. The number of rotatable bonds is 9. The van der Waals surface area contributed by atoms with Gasteiger partial charge in [0.05, 0.1) is 15.6 Å². The van der Waals surface area contributed by atoms with Crippen molar-refractivity contribution in [1.29, 1.82) is 0 Å². The van der Waals surface area contributed by atoms with E-state index in [9.17, 15) is 20.3 Å². The molecule has 0 aliphatic heterocycles. The first-order valence-electron chi connectivity index (χ1n) is 7.19. The van der Waals surface area contributed by atoms with Crippen molar-refractivity contribution in [3.8, 4) is 5.75 Å². The third-order valence-electron chi connectivity index (χ3n) is 3.10. The van der Waals surface area contributed by atoms with Gasteiger partial charge in [0.15, 0.2) is 6.79 Å². The van der Waals surface area contributed by atoms with Crippen molar-refractivity contribution in [2.24, 2.45) is 0 Å². The number of nitrogens with zero attached hydrogens (tertiary/aromatic N) is 1. The summed E-state index contributed by atoms with van der Waals surface area (Å²) in [6.45, 7) is 5.81. The highest BCUT2D eigenvalue weighted by atomic mass is 35.5. The van der Waals surface area contributed by atoms with Gasteiger partial charge in [0, 0.05) is 19.6 Å². The second-order valence-corrected chi connectivity index (χ2v) is 12.9. The fourth-order valence-electron chi connectivity index (χ4n) is 1.83. The molecule has 0 heterocycles. The van der Waals surface area contributed by atoms with E-state index in [1.165, 1.54) is 12.1 Å². The van der Waals surface area contributed by atoms with Crippen LogP contribution < -0.4 is 4.74 Å². The average molecular weight is 398 g/mol. The molecular formula is C14H21Cl2NO6Si. The molecule has 0 spiro atoms. The molecule has 0 amide bonds. The van der Waals surface area contributed by atoms with Crippen LogP contribution in [0.5, 0.6) is 5.75 Å². The number of benzene rings is 1. The minimum absolute atomic E-state index is 0.0227. The maximum Gasteiger partial charge on any atom is 0.262 e. The molecule has 0 atom stereocenters. The molecule has 1 aromatic carbocycles. The largest absolute Gasteiger partial charge is 0.467 e. The Bertz CT molecular complexity index is 591. The summed E-state index contributed by atoms with van der Waals surface area (Å²) in [6.07, 6.45) is 0. The number of halogens is 2. The summed E-state index contributed by atoms with van der Waals surface area (Å²) in [5.41, 5.74) is -0.359. The van der Waals surface area contributed by atoms with Crippen LogP contribution in [-0.2, 0) is 10.5 Å². The SMILES string of the molecule is C[Si](C)(C)CCOCOc1ccc(Cl)c(Cl)c1C(O)(O)C[N+](=O)[O-]. The zero-order chi connectivity index (χ0) is 18.5. The van der Waals surface area contributed by atoms with Crippen LogP contribution in [0, 0.1) is 10.1 Å². The van der Waals surface area contributed by atoms with Crippen LogP contribution >= 0.6 is 23.2 Å². The molecule has 0 fully saturated rings. The highest BCUT2D eigenvalue weighted by molar-refractivity contribution is 6.76. The standard InChI is InChI=1S/C14H21Cl2NO6Si/c1-24(2,3)7-6-22-9-23-11-5-4-10(15)13(16)12(11)14(18,19)8-17(20)21/h4-5,18-19H,6-9H2,1-3H3. The van der Waals surface area contributed by atoms with Crippen molar-refractivity contribution >= 4 is 31.3 Å². The molecule has 0 aliphatic rings. The van der Waals surface area contributed by atoms with Crippen LogP contribution in [0.1, 0.15) is 5.56 Å². The third-order valence-corrected chi connectivity index (χ3v) is 5.61. The van der Waals surface area contributed by atoms with E-state index in [0.29, 0.717) is 6.61 Å². The lowest BCUT2D eigenvalue weighted by Gasteiger charge is -2.23. The Balaban J connectivity index is 2.88. The number of hydrogen-bond acceptors (Lipinski definition) is 6. The van der Waals surface area contributed by atoms with E-state index in [0.717, 1.165) is 6.04 Å². The Morgan fingerprint density at radius 1 is 1.29 bits per heavy atom. The molecule has 0 unspecified atom stereocenters. The lowest BCUT2D eigenvalue weighted by molar-refractivity contribution is -0.521. The number of hydrogen-bond donors (Lipinski definition) is 2. The molecule has 0 bridgehead atoms. The van der Waals surface area contributed by atoms with E-state index in [4.69, 9.17) is 32.7 Å². The van der Waals surface area contributed by atoms with Crippen molar-refractivity contribution in [2.45, 2.75) is 31.5 Å². The second kappa shape index (κ2) is 8.46. The molecule has 2 N–H and O–H groups in total. The Morgan fingerprint density at radius 2 is 1.92 bits per heavy atom. The topological polar surface area (TPSA) is 102 Å². The quantitative estimate of drug-likeness (QED) is 0.218. The summed E-state index contributed by atoms with van der Waals surface area (Å²) < 4.78 is 10.7. The van der Waals surface area contributed by atoms with Crippen LogP contribution in [0.2, 0.25) is 35.7 Å². The third kappa shape index (κ3) is 6.54. The van der Waals surface area contributed by atoms with Crippen molar-refractivity contribution in [2.75, 3.05) is 19.9 Å². The number of aliphatic hydroxyl groups is 2. The van der Waals surface area contributed by atoms with Gasteiger partial charge in [0.25, 0.3) is 12.3 Å². The van der Waals surface area contributed by atoms with Gasteiger partial charge in [-0.3, -0.25) is 10.1 Å².